The van der Waals surface area contributed by atoms with Crippen LogP contribution in [-0.4, -0.2) is 34.4 Å². The summed E-state index contributed by atoms with van der Waals surface area (Å²) in [4.78, 5) is 24.5. The first kappa shape index (κ1) is 19.0. The van der Waals surface area contributed by atoms with E-state index in [9.17, 15) is 4.79 Å². The number of carbonyl (C=O) groups is 1. The molecule has 2 amide bonds. The summed E-state index contributed by atoms with van der Waals surface area (Å²) in [6, 6.07) is 0.393. The molecule has 132 valence electrons. The third kappa shape index (κ3) is 9.54. The smallest absolute Gasteiger partial charge is 0.321 e. The third-order valence-electron chi connectivity index (χ3n) is 4.08. The lowest BCUT2D eigenvalue weighted by atomic mass is 9.96. The molecule has 0 saturated heterocycles. The first-order valence-corrected chi connectivity index (χ1v) is 8.21. The van der Waals surface area contributed by atoms with Gasteiger partial charge in [-0.05, 0) is 25.7 Å². The minimum atomic E-state index is -1.50. The minimum absolute atomic E-state index is 0.205. The Kier molecular flexibility index (Phi) is 8.78. The van der Waals surface area contributed by atoms with Crippen molar-refractivity contribution in [3.63, 3.8) is 0 Å². The van der Waals surface area contributed by atoms with Crippen molar-refractivity contribution in [3.8, 4) is 0 Å². The molecule has 0 aromatic rings. The second-order valence-electron chi connectivity index (χ2n) is 5.98. The maximum absolute atomic E-state index is 11.8. The van der Waals surface area contributed by atoms with E-state index < -0.39 is 5.09 Å². The van der Waals surface area contributed by atoms with Crippen LogP contribution in [0, 0.1) is 10.1 Å². The van der Waals surface area contributed by atoms with E-state index in [4.69, 9.17) is 21.1 Å². The fourth-order valence-corrected chi connectivity index (χ4v) is 3.02. The molecule has 23 heavy (non-hydrogen) atoms. The van der Waals surface area contributed by atoms with Gasteiger partial charge in [-0.3, -0.25) is 5.32 Å². The number of hydrogen-bond acceptors (Lipinski definition) is 4. The maximum atomic E-state index is 11.8. The normalized spacial score (nSPS) is 20.1. The summed E-state index contributed by atoms with van der Waals surface area (Å²) in [6.45, 7) is 0. The van der Waals surface area contributed by atoms with Crippen LogP contribution in [-0.2, 0) is 0 Å². The van der Waals surface area contributed by atoms with E-state index >= 15 is 0 Å². The zero-order valence-corrected chi connectivity index (χ0v) is 13.4. The SMILES string of the molecule is NC(=NC1CCCCC1)NC(=O)NC1CCCCC1.O=[N+]([O-])O. The van der Waals surface area contributed by atoms with Crippen molar-refractivity contribution in [2.45, 2.75) is 76.3 Å². The molecule has 2 rings (SSSR count). The Balaban J connectivity index is 0.000000593. The summed E-state index contributed by atoms with van der Waals surface area (Å²) in [5, 5.41) is 19.3. The summed E-state index contributed by atoms with van der Waals surface area (Å²) in [5.41, 5.74) is 5.79. The Hall–Kier alpha value is -2.06. The van der Waals surface area contributed by atoms with Crippen molar-refractivity contribution in [2.75, 3.05) is 0 Å². The molecule has 2 aliphatic rings. The van der Waals surface area contributed by atoms with E-state index in [1.54, 1.807) is 0 Å². The molecule has 2 aliphatic carbocycles. The lowest BCUT2D eigenvalue weighted by Crippen LogP contribution is -2.48. The van der Waals surface area contributed by atoms with E-state index in [1.807, 2.05) is 0 Å². The number of rotatable bonds is 2. The van der Waals surface area contributed by atoms with Gasteiger partial charge in [0.2, 0.25) is 0 Å². The van der Waals surface area contributed by atoms with Gasteiger partial charge in [0.1, 0.15) is 0 Å². The van der Waals surface area contributed by atoms with Gasteiger partial charge in [0.25, 0.3) is 5.09 Å². The van der Waals surface area contributed by atoms with Gasteiger partial charge in [-0.25, -0.2) is 9.79 Å². The van der Waals surface area contributed by atoms with E-state index in [2.05, 4.69) is 15.6 Å². The van der Waals surface area contributed by atoms with Gasteiger partial charge in [-0.1, -0.05) is 38.5 Å². The van der Waals surface area contributed by atoms with Crippen LogP contribution in [0.5, 0.6) is 0 Å². The predicted octanol–water partition coefficient (Wildman–Crippen LogP) is 1.92. The Morgan fingerprint density at radius 1 is 1.09 bits per heavy atom. The van der Waals surface area contributed by atoms with Gasteiger partial charge in [-0.2, -0.15) is 0 Å². The van der Waals surface area contributed by atoms with Crippen molar-refractivity contribution in [1.29, 1.82) is 0 Å². The van der Waals surface area contributed by atoms with Gasteiger partial charge < -0.3 is 16.3 Å². The van der Waals surface area contributed by atoms with Crippen LogP contribution >= 0.6 is 0 Å². The number of nitrogens with two attached hydrogens (primary N) is 1. The van der Waals surface area contributed by atoms with Crippen LogP contribution in [0.3, 0.4) is 0 Å². The third-order valence-corrected chi connectivity index (χ3v) is 4.08. The average Bonchev–Trinajstić information content (AvgIpc) is 2.48. The van der Waals surface area contributed by atoms with E-state index in [0.29, 0.717) is 12.1 Å². The van der Waals surface area contributed by atoms with Gasteiger partial charge >= 0.3 is 6.03 Å². The average molecular weight is 329 g/mol. The predicted molar refractivity (Wildman–Crippen MR) is 85.8 cm³/mol. The fourth-order valence-electron chi connectivity index (χ4n) is 3.02. The van der Waals surface area contributed by atoms with E-state index in [-0.39, 0.29) is 12.0 Å². The summed E-state index contributed by atoms with van der Waals surface area (Å²) in [7, 11) is 0. The minimum Gasteiger partial charge on any atom is -0.370 e. The molecule has 0 atom stereocenters. The van der Waals surface area contributed by atoms with Gasteiger partial charge in [0.05, 0.1) is 6.04 Å². The lowest BCUT2D eigenvalue weighted by molar-refractivity contribution is -0.742. The van der Waals surface area contributed by atoms with Crippen molar-refractivity contribution in [2.24, 2.45) is 10.7 Å². The highest BCUT2D eigenvalue weighted by Gasteiger charge is 2.17. The zero-order chi connectivity index (χ0) is 17.1. The van der Waals surface area contributed by atoms with E-state index in [0.717, 1.165) is 25.7 Å². The lowest BCUT2D eigenvalue weighted by Gasteiger charge is -2.23. The molecule has 0 bridgehead atoms. The molecule has 5 N–H and O–H groups in total. The maximum Gasteiger partial charge on any atom is 0.321 e. The van der Waals surface area contributed by atoms with Crippen molar-refractivity contribution in [3.05, 3.63) is 10.1 Å². The van der Waals surface area contributed by atoms with Crippen LogP contribution in [0.2, 0.25) is 0 Å². The van der Waals surface area contributed by atoms with Gasteiger partial charge in [-0.15, -0.1) is 10.1 Å². The van der Waals surface area contributed by atoms with Crippen molar-refractivity contribution in [1.82, 2.24) is 10.6 Å². The number of guanidine groups is 1. The van der Waals surface area contributed by atoms with Crippen LogP contribution in [0.4, 0.5) is 4.79 Å². The van der Waals surface area contributed by atoms with Crippen molar-refractivity contribution >= 4 is 12.0 Å². The Bertz CT molecular complexity index is 400. The quantitative estimate of drug-likeness (QED) is 0.265. The van der Waals surface area contributed by atoms with E-state index in [1.165, 1.54) is 38.5 Å². The number of carbonyl (C=O) groups excluding carboxylic acids is 1. The Labute approximate surface area is 135 Å². The molecule has 0 spiro atoms. The van der Waals surface area contributed by atoms with Crippen LogP contribution in [0.25, 0.3) is 0 Å². The van der Waals surface area contributed by atoms with Crippen LogP contribution in [0.15, 0.2) is 4.99 Å². The molecule has 0 radical (unpaired) electrons. The highest BCUT2D eigenvalue weighted by molar-refractivity contribution is 5.95. The Morgan fingerprint density at radius 2 is 1.57 bits per heavy atom. The molecule has 0 unspecified atom stereocenters. The topological polar surface area (TPSA) is 143 Å². The summed E-state index contributed by atoms with van der Waals surface area (Å²) >= 11 is 0. The number of urea groups is 1. The van der Waals surface area contributed by atoms with Crippen LogP contribution in [0.1, 0.15) is 64.2 Å². The highest BCUT2D eigenvalue weighted by Crippen LogP contribution is 2.20. The first-order chi connectivity index (χ1) is 11.0. The van der Waals surface area contributed by atoms with Crippen molar-refractivity contribution < 1.29 is 15.1 Å². The molecule has 9 heteroatoms. The molecular weight excluding hydrogens is 302 g/mol. The summed E-state index contributed by atoms with van der Waals surface area (Å²) in [5.74, 6) is 0.264. The van der Waals surface area contributed by atoms with Gasteiger partial charge in [0.15, 0.2) is 5.96 Å². The number of hydrogen-bond donors (Lipinski definition) is 4. The second kappa shape index (κ2) is 10.6. The number of nitrogens with zero attached hydrogens (tertiary/aromatic N) is 2. The summed E-state index contributed by atoms with van der Waals surface area (Å²) in [6.07, 6.45) is 11.8. The standard InChI is InChI=1S/C14H26N4O.HNO3/c15-13(16-11-7-3-1-4-8-11)18-14(19)17-12-9-5-2-6-10-12;2-1(3)4/h11-12H,1-10H2,(H4,15,16,17,18,19);(H,2,3,4). The van der Waals surface area contributed by atoms with Crippen LogP contribution < -0.4 is 16.4 Å². The summed E-state index contributed by atoms with van der Waals surface area (Å²) < 4.78 is 0. The Morgan fingerprint density at radius 3 is 2.09 bits per heavy atom. The molecular formula is C14H27N5O4. The molecule has 0 aromatic heterocycles. The number of nitrogens with one attached hydrogen (secondary N) is 2. The largest absolute Gasteiger partial charge is 0.370 e. The molecule has 2 fully saturated rings. The molecule has 0 heterocycles. The van der Waals surface area contributed by atoms with Gasteiger partial charge in [0, 0.05) is 6.04 Å². The molecule has 0 aliphatic heterocycles. The highest BCUT2D eigenvalue weighted by atomic mass is 16.9. The fraction of sp³-hybridized carbons (Fsp3) is 0.857. The molecule has 2 saturated carbocycles. The number of amides is 2. The molecule has 9 nitrogen and oxygen atoms in total. The number of aliphatic imine (C=N–C) groups is 1. The first-order valence-electron chi connectivity index (χ1n) is 8.21. The molecule has 0 aromatic carbocycles. The second-order valence-corrected chi connectivity index (χ2v) is 5.98. The zero-order valence-electron chi connectivity index (χ0n) is 13.4. The monoisotopic (exact) mass is 329 g/mol.